The Hall–Kier alpha value is -6.39. The van der Waals surface area contributed by atoms with E-state index in [1.54, 1.807) is 0 Å². The number of nitrogens with zero attached hydrogens (tertiary/aromatic N) is 3. The lowest BCUT2D eigenvalue weighted by Gasteiger charge is -2.14. The van der Waals surface area contributed by atoms with Crippen LogP contribution in [0.5, 0.6) is 0 Å². The van der Waals surface area contributed by atoms with Gasteiger partial charge in [-0.3, -0.25) is 0 Å². The number of fused-ring (bicyclic) bond motifs is 7. The molecule has 230 valence electrons. The van der Waals surface area contributed by atoms with E-state index in [4.69, 9.17) is 19.4 Å². The number of furan rings is 1. The third kappa shape index (κ3) is 4.56. The molecule has 49 heavy (non-hydrogen) atoms. The van der Waals surface area contributed by atoms with Gasteiger partial charge in [0, 0.05) is 33.2 Å². The van der Waals surface area contributed by atoms with Crippen molar-refractivity contribution in [1.82, 2.24) is 15.0 Å². The van der Waals surface area contributed by atoms with E-state index in [0.717, 1.165) is 68.2 Å². The minimum Gasteiger partial charge on any atom is -0.456 e. The molecule has 0 amide bonds. The van der Waals surface area contributed by atoms with Gasteiger partial charge in [0.2, 0.25) is 0 Å². The van der Waals surface area contributed by atoms with Gasteiger partial charge in [-0.2, -0.15) is 0 Å². The summed E-state index contributed by atoms with van der Waals surface area (Å²) in [6, 6.07) is 48.9. The molecule has 0 saturated carbocycles. The van der Waals surface area contributed by atoms with Gasteiger partial charge < -0.3 is 4.42 Å². The number of aromatic nitrogens is 3. The van der Waals surface area contributed by atoms with Crippen LogP contribution in [-0.4, -0.2) is 15.0 Å². The van der Waals surface area contributed by atoms with E-state index in [2.05, 4.69) is 133 Å². The summed E-state index contributed by atoms with van der Waals surface area (Å²) in [5, 5.41) is 8.14. The van der Waals surface area contributed by atoms with Crippen LogP contribution in [0.1, 0.15) is 17.7 Å². The number of rotatable bonds is 4. The Labute approximate surface area is 283 Å². The lowest BCUT2D eigenvalue weighted by atomic mass is 9.93. The third-order valence-electron chi connectivity index (χ3n) is 9.78. The average molecular weight is 628 g/mol. The van der Waals surface area contributed by atoms with Gasteiger partial charge in [0.05, 0.1) is 0 Å². The molecule has 1 aliphatic carbocycles. The molecule has 0 atom stereocenters. The maximum atomic E-state index is 6.73. The van der Waals surface area contributed by atoms with E-state index >= 15 is 0 Å². The zero-order chi connectivity index (χ0) is 32.3. The van der Waals surface area contributed by atoms with Gasteiger partial charge in [-0.25, -0.2) is 15.0 Å². The van der Waals surface area contributed by atoms with Crippen molar-refractivity contribution in [2.75, 3.05) is 0 Å². The fourth-order valence-electron chi connectivity index (χ4n) is 7.43. The summed E-state index contributed by atoms with van der Waals surface area (Å²) >= 11 is 0. The largest absolute Gasteiger partial charge is 0.456 e. The highest BCUT2D eigenvalue weighted by Gasteiger charge is 2.24. The summed E-state index contributed by atoms with van der Waals surface area (Å²) < 4.78 is 6.73. The lowest BCUT2D eigenvalue weighted by Crippen LogP contribution is -2.02. The minimum absolute atomic E-state index is 0.634. The van der Waals surface area contributed by atoms with Gasteiger partial charge in [-0.05, 0) is 81.1 Å². The molecule has 0 saturated heterocycles. The van der Waals surface area contributed by atoms with Gasteiger partial charge in [-0.1, -0.05) is 121 Å². The molecule has 0 aliphatic heterocycles. The van der Waals surface area contributed by atoms with Crippen LogP contribution in [0.25, 0.3) is 94.7 Å². The van der Waals surface area contributed by atoms with E-state index < -0.39 is 0 Å². The van der Waals surface area contributed by atoms with Crippen LogP contribution in [0.4, 0.5) is 0 Å². The van der Waals surface area contributed by atoms with Crippen molar-refractivity contribution < 1.29 is 4.42 Å². The molecule has 2 aromatic heterocycles. The molecule has 0 unspecified atom stereocenters. The summed E-state index contributed by atoms with van der Waals surface area (Å²) in [6.45, 7) is 0. The maximum Gasteiger partial charge on any atom is 0.164 e. The molecule has 7 aromatic carbocycles. The van der Waals surface area contributed by atoms with Gasteiger partial charge in [0.25, 0.3) is 0 Å². The molecule has 0 fully saturated rings. The van der Waals surface area contributed by atoms with Crippen molar-refractivity contribution in [3.8, 4) is 45.3 Å². The summed E-state index contributed by atoms with van der Waals surface area (Å²) in [4.78, 5) is 15.6. The Bertz CT molecular complexity index is 2780. The minimum atomic E-state index is 0.634. The molecular formula is C45H29N3O. The molecule has 9 aromatic rings. The predicted octanol–water partition coefficient (Wildman–Crippen LogP) is 11.7. The van der Waals surface area contributed by atoms with Crippen LogP contribution in [0.3, 0.4) is 0 Å². The van der Waals surface area contributed by atoms with Crippen molar-refractivity contribution in [3.05, 3.63) is 157 Å². The molecule has 0 radical (unpaired) electrons. The second-order valence-electron chi connectivity index (χ2n) is 12.7. The van der Waals surface area contributed by atoms with Gasteiger partial charge in [0.1, 0.15) is 11.3 Å². The smallest absolute Gasteiger partial charge is 0.164 e. The van der Waals surface area contributed by atoms with Crippen LogP contribution in [0, 0.1) is 0 Å². The van der Waals surface area contributed by atoms with Crippen LogP contribution >= 0.6 is 0 Å². The predicted molar refractivity (Wildman–Crippen MR) is 201 cm³/mol. The van der Waals surface area contributed by atoms with Crippen LogP contribution in [0.15, 0.2) is 150 Å². The normalized spacial score (nSPS) is 12.7. The van der Waals surface area contributed by atoms with E-state index in [1.165, 1.54) is 27.1 Å². The quantitative estimate of drug-likeness (QED) is 0.182. The van der Waals surface area contributed by atoms with Crippen molar-refractivity contribution in [2.45, 2.75) is 12.8 Å². The Balaban J connectivity index is 1.25. The molecule has 2 heterocycles. The van der Waals surface area contributed by atoms with Crippen LogP contribution in [-0.2, 0) is 6.42 Å². The first kappa shape index (κ1) is 27.7. The molecular weight excluding hydrogens is 599 g/mol. The Morgan fingerprint density at radius 3 is 2.00 bits per heavy atom. The fraction of sp³-hybridized carbons (Fsp3) is 0.0444. The topological polar surface area (TPSA) is 51.8 Å². The van der Waals surface area contributed by atoms with Crippen molar-refractivity contribution in [2.24, 2.45) is 0 Å². The van der Waals surface area contributed by atoms with E-state index in [0.29, 0.717) is 17.5 Å². The number of aryl methyl sites for hydroxylation is 1. The van der Waals surface area contributed by atoms with E-state index in [-0.39, 0.29) is 0 Å². The molecule has 4 heteroatoms. The summed E-state index contributed by atoms with van der Waals surface area (Å²) in [6.07, 6.45) is 6.16. The number of hydrogen-bond donors (Lipinski definition) is 0. The van der Waals surface area contributed by atoms with Crippen LogP contribution in [0.2, 0.25) is 0 Å². The third-order valence-corrected chi connectivity index (χ3v) is 9.78. The van der Waals surface area contributed by atoms with Crippen molar-refractivity contribution >= 4 is 49.4 Å². The SMILES string of the molecule is C1=Cc2oc3c(-c4ccc5ccccc5c4)ccc(-c4nc(-c5ccccc5)nc(-c5cc6ccccc6c6ccccc56)n4)c3c2CC1. The van der Waals surface area contributed by atoms with Gasteiger partial charge >= 0.3 is 0 Å². The highest BCUT2D eigenvalue weighted by Crippen LogP contribution is 2.43. The highest BCUT2D eigenvalue weighted by molar-refractivity contribution is 6.13. The standard InChI is InChI=1S/C45H29N3O/c1-2-13-29(14-3-1)43-46-44(48-45(47-43)39-27-31-16-6-7-17-33(31)35-18-8-9-19-36(35)39)38-25-24-34(32-23-22-28-12-4-5-15-30(28)26-32)42-41(38)37-20-10-11-21-40(37)49-42/h1-9,11-19,21-27H,10,20H2. The van der Waals surface area contributed by atoms with Crippen LogP contribution < -0.4 is 0 Å². The molecule has 1 aliphatic rings. The zero-order valence-electron chi connectivity index (χ0n) is 26.6. The first-order valence-corrected chi connectivity index (χ1v) is 16.8. The Kier molecular flexibility index (Phi) is 6.28. The van der Waals surface area contributed by atoms with Gasteiger partial charge in [0.15, 0.2) is 17.5 Å². The Morgan fingerprint density at radius 2 is 1.14 bits per heavy atom. The second kappa shape index (κ2) is 11.1. The van der Waals surface area contributed by atoms with Gasteiger partial charge in [-0.15, -0.1) is 0 Å². The number of hydrogen-bond acceptors (Lipinski definition) is 4. The monoisotopic (exact) mass is 627 g/mol. The van der Waals surface area contributed by atoms with E-state index in [9.17, 15) is 0 Å². The highest BCUT2D eigenvalue weighted by atomic mass is 16.3. The molecule has 10 rings (SSSR count). The summed E-state index contributed by atoms with van der Waals surface area (Å²) in [5.41, 5.74) is 7.12. The molecule has 0 bridgehead atoms. The molecule has 0 spiro atoms. The zero-order valence-corrected chi connectivity index (χ0v) is 26.6. The maximum absolute atomic E-state index is 6.73. The number of allylic oxidation sites excluding steroid dienone is 1. The average Bonchev–Trinajstić information content (AvgIpc) is 3.57. The molecule has 4 nitrogen and oxygen atoms in total. The van der Waals surface area contributed by atoms with Crippen molar-refractivity contribution in [1.29, 1.82) is 0 Å². The first-order valence-electron chi connectivity index (χ1n) is 16.8. The molecule has 0 N–H and O–H groups in total. The summed E-state index contributed by atoms with van der Waals surface area (Å²) in [7, 11) is 0. The first-order chi connectivity index (χ1) is 24.3. The van der Waals surface area contributed by atoms with E-state index in [1.807, 2.05) is 18.2 Å². The lowest BCUT2D eigenvalue weighted by molar-refractivity contribution is 0.596. The number of benzene rings is 7. The second-order valence-corrected chi connectivity index (χ2v) is 12.7. The summed E-state index contributed by atoms with van der Waals surface area (Å²) in [5.74, 6) is 2.83. The Morgan fingerprint density at radius 1 is 0.469 bits per heavy atom. The van der Waals surface area contributed by atoms with Crippen molar-refractivity contribution in [3.63, 3.8) is 0 Å². The fourth-order valence-corrected chi connectivity index (χ4v) is 7.43.